The molecule has 0 saturated heterocycles. The first-order chi connectivity index (χ1) is 10.9. The van der Waals surface area contributed by atoms with E-state index in [9.17, 15) is 13.6 Å². The minimum atomic E-state index is -3.67. The van der Waals surface area contributed by atoms with Crippen molar-refractivity contribution in [2.24, 2.45) is 0 Å². The van der Waals surface area contributed by atoms with Gasteiger partial charge in [0.05, 0.1) is 16.6 Å². The number of halogens is 2. The highest BCUT2D eigenvalue weighted by atomic mass is 32.1. The molecular weight excluding hydrogens is 328 g/mol. The van der Waals surface area contributed by atoms with Crippen LogP contribution in [-0.4, -0.2) is 22.2 Å². The molecule has 4 rings (SSSR count). The minimum absolute atomic E-state index is 0.0857. The fourth-order valence-corrected chi connectivity index (χ4v) is 2.94. The molecule has 0 unspecified atom stereocenters. The second-order valence-corrected chi connectivity index (χ2v) is 6.08. The average Bonchev–Trinajstić information content (AvgIpc) is 3.10. The average molecular weight is 337 g/mol. The Kier molecular flexibility index (Phi) is 2.82. The summed E-state index contributed by atoms with van der Waals surface area (Å²) in [6, 6.07) is 4.44. The lowest BCUT2D eigenvalue weighted by atomic mass is 10.3. The number of carbonyl (C=O) groups is 1. The number of H-pyrrole nitrogens is 1. The number of aryl methyl sites for hydroxylation is 1. The maximum absolute atomic E-state index is 13.0. The summed E-state index contributed by atoms with van der Waals surface area (Å²) in [5.74, 6) is -0.276. The number of carbonyl (C=O) groups excluding carboxylic acids is 1. The van der Waals surface area contributed by atoms with Crippen molar-refractivity contribution in [3.8, 4) is 11.5 Å². The van der Waals surface area contributed by atoms with E-state index in [4.69, 9.17) is 0 Å². The van der Waals surface area contributed by atoms with E-state index < -0.39 is 6.29 Å². The molecule has 23 heavy (non-hydrogen) atoms. The van der Waals surface area contributed by atoms with E-state index in [1.165, 1.54) is 23.5 Å². The first-order valence-corrected chi connectivity index (χ1v) is 7.44. The number of amides is 1. The van der Waals surface area contributed by atoms with E-state index in [0.717, 1.165) is 4.88 Å². The number of thiophene rings is 1. The maximum atomic E-state index is 13.0. The van der Waals surface area contributed by atoms with E-state index in [1.807, 2.05) is 6.92 Å². The van der Waals surface area contributed by atoms with Crippen LogP contribution in [0.25, 0.3) is 11.0 Å². The standard InChI is InChI=1S/C14H9F2N3O3S/c1-6-2-7(5-23-6)12(20)19-13-17-8-3-10-11(4-9(8)18-13)22-14(15,16)21-10/h2-5H,1H3,(H2,17,18,19,20). The van der Waals surface area contributed by atoms with E-state index in [1.54, 1.807) is 11.4 Å². The van der Waals surface area contributed by atoms with Crippen molar-refractivity contribution in [3.63, 3.8) is 0 Å². The first-order valence-electron chi connectivity index (χ1n) is 6.56. The Labute approximate surface area is 132 Å². The number of hydrogen-bond acceptors (Lipinski definition) is 5. The van der Waals surface area contributed by atoms with Gasteiger partial charge in [0.2, 0.25) is 5.95 Å². The topological polar surface area (TPSA) is 76.2 Å². The second kappa shape index (κ2) is 4.66. The Morgan fingerprint density at radius 2 is 2.04 bits per heavy atom. The number of aromatic nitrogens is 2. The lowest BCUT2D eigenvalue weighted by Gasteiger charge is -2.04. The molecule has 1 aliphatic heterocycles. The molecule has 0 spiro atoms. The Bertz CT molecular complexity index is 890. The highest BCUT2D eigenvalue weighted by molar-refractivity contribution is 7.10. The fourth-order valence-electron chi connectivity index (χ4n) is 2.26. The number of imidazole rings is 1. The fraction of sp³-hybridized carbons (Fsp3) is 0.143. The molecule has 3 aromatic rings. The summed E-state index contributed by atoms with van der Waals surface area (Å²) in [5.41, 5.74) is 1.35. The molecule has 1 amide bonds. The summed E-state index contributed by atoms with van der Waals surface area (Å²) >= 11 is 1.47. The van der Waals surface area contributed by atoms with Crippen molar-refractivity contribution in [1.82, 2.24) is 9.97 Å². The van der Waals surface area contributed by atoms with Gasteiger partial charge < -0.3 is 14.5 Å². The molecule has 0 atom stereocenters. The lowest BCUT2D eigenvalue weighted by molar-refractivity contribution is -0.286. The molecule has 0 fully saturated rings. The molecule has 0 aliphatic carbocycles. The Morgan fingerprint density at radius 1 is 1.30 bits per heavy atom. The molecule has 9 heteroatoms. The van der Waals surface area contributed by atoms with E-state index in [-0.39, 0.29) is 23.4 Å². The van der Waals surface area contributed by atoms with E-state index >= 15 is 0 Å². The summed E-state index contributed by atoms with van der Waals surface area (Å²) in [5, 5.41) is 4.37. The number of ether oxygens (including phenoxy) is 2. The van der Waals surface area contributed by atoms with Crippen molar-refractivity contribution in [3.05, 3.63) is 34.0 Å². The van der Waals surface area contributed by atoms with Gasteiger partial charge in [-0.25, -0.2) is 4.98 Å². The number of anilines is 1. The molecular formula is C14H9F2N3O3S. The van der Waals surface area contributed by atoms with Gasteiger partial charge in [-0.05, 0) is 13.0 Å². The number of rotatable bonds is 2. The van der Waals surface area contributed by atoms with Gasteiger partial charge in [-0.15, -0.1) is 20.1 Å². The number of fused-ring (bicyclic) bond motifs is 2. The predicted molar refractivity (Wildman–Crippen MR) is 79.3 cm³/mol. The second-order valence-electron chi connectivity index (χ2n) is 4.97. The van der Waals surface area contributed by atoms with Crippen molar-refractivity contribution in [2.45, 2.75) is 13.2 Å². The van der Waals surface area contributed by atoms with Gasteiger partial charge in [0.1, 0.15) is 0 Å². The van der Waals surface area contributed by atoms with Crippen LogP contribution in [0, 0.1) is 6.92 Å². The van der Waals surface area contributed by atoms with Gasteiger partial charge in [0.25, 0.3) is 5.91 Å². The minimum Gasteiger partial charge on any atom is -0.395 e. The molecule has 2 aromatic heterocycles. The summed E-state index contributed by atoms with van der Waals surface area (Å²) in [6.45, 7) is 1.90. The lowest BCUT2D eigenvalue weighted by Crippen LogP contribution is -2.25. The SMILES string of the molecule is Cc1cc(C(=O)Nc2nc3cc4c(cc3[nH]2)OC(F)(F)O4)cs1. The molecule has 1 aliphatic rings. The van der Waals surface area contributed by atoms with Crippen LogP contribution >= 0.6 is 11.3 Å². The van der Waals surface area contributed by atoms with Crippen molar-refractivity contribution < 1.29 is 23.0 Å². The molecule has 0 radical (unpaired) electrons. The number of alkyl halides is 2. The van der Waals surface area contributed by atoms with Gasteiger partial charge in [-0.2, -0.15) is 0 Å². The third-order valence-corrected chi connectivity index (χ3v) is 4.09. The van der Waals surface area contributed by atoms with Crippen LogP contribution in [0.15, 0.2) is 23.6 Å². The monoisotopic (exact) mass is 337 g/mol. The predicted octanol–water partition coefficient (Wildman–Crippen LogP) is 3.51. The Hall–Kier alpha value is -2.68. The molecule has 118 valence electrons. The zero-order chi connectivity index (χ0) is 16.2. The van der Waals surface area contributed by atoms with Gasteiger partial charge >= 0.3 is 6.29 Å². The zero-order valence-corrected chi connectivity index (χ0v) is 12.5. The highest BCUT2D eigenvalue weighted by Crippen LogP contribution is 2.42. The Balaban J connectivity index is 1.62. The zero-order valence-electron chi connectivity index (χ0n) is 11.6. The van der Waals surface area contributed by atoms with Gasteiger partial charge in [0, 0.05) is 22.4 Å². The van der Waals surface area contributed by atoms with Gasteiger partial charge in [-0.1, -0.05) is 0 Å². The normalized spacial score (nSPS) is 15.1. The van der Waals surface area contributed by atoms with Gasteiger partial charge in [-0.3, -0.25) is 10.1 Å². The summed E-state index contributed by atoms with van der Waals surface area (Å²) in [4.78, 5) is 20.1. The molecule has 2 N–H and O–H groups in total. The molecule has 6 nitrogen and oxygen atoms in total. The highest BCUT2D eigenvalue weighted by Gasteiger charge is 2.43. The van der Waals surface area contributed by atoms with E-state index in [0.29, 0.717) is 16.6 Å². The van der Waals surface area contributed by atoms with Crippen LogP contribution in [0.2, 0.25) is 0 Å². The van der Waals surface area contributed by atoms with Crippen LogP contribution in [0.3, 0.4) is 0 Å². The number of aromatic amines is 1. The molecule has 0 saturated carbocycles. The van der Waals surface area contributed by atoms with Crippen molar-refractivity contribution >= 4 is 34.2 Å². The smallest absolute Gasteiger partial charge is 0.395 e. The number of nitrogens with one attached hydrogen (secondary N) is 2. The third kappa shape index (κ3) is 2.48. The first kappa shape index (κ1) is 13.9. The van der Waals surface area contributed by atoms with Gasteiger partial charge in [0.15, 0.2) is 11.5 Å². The van der Waals surface area contributed by atoms with Crippen molar-refractivity contribution in [2.75, 3.05) is 5.32 Å². The summed E-state index contributed by atoms with van der Waals surface area (Å²) in [6.07, 6.45) is -3.67. The van der Waals surface area contributed by atoms with Crippen LogP contribution in [0.5, 0.6) is 11.5 Å². The molecule has 3 heterocycles. The van der Waals surface area contributed by atoms with Crippen LogP contribution in [0.4, 0.5) is 14.7 Å². The Morgan fingerprint density at radius 3 is 2.74 bits per heavy atom. The molecule has 1 aromatic carbocycles. The third-order valence-electron chi connectivity index (χ3n) is 3.23. The largest absolute Gasteiger partial charge is 0.586 e. The van der Waals surface area contributed by atoms with Crippen molar-refractivity contribution in [1.29, 1.82) is 0 Å². The quantitative estimate of drug-likeness (QED) is 0.750. The van der Waals surface area contributed by atoms with Crippen LogP contribution < -0.4 is 14.8 Å². The van der Waals surface area contributed by atoms with E-state index in [2.05, 4.69) is 24.8 Å². The summed E-state index contributed by atoms with van der Waals surface area (Å²) < 4.78 is 34.8. The number of nitrogens with zero attached hydrogens (tertiary/aromatic N) is 1. The van der Waals surface area contributed by atoms with Crippen LogP contribution in [-0.2, 0) is 0 Å². The molecule has 0 bridgehead atoms. The number of benzene rings is 1. The van der Waals surface area contributed by atoms with Crippen LogP contribution in [0.1, 0.15) is 15.2 Å². The number of hydrogen-bond donors (Lipinski definition) is 2. The maximum Gasteiger partial charge on any atom is 0.586 e. The summed E-state index contributed by atoms with van der Waals surface area (Å²) in [7, 11) is 0.